The van der Waals surface area contributed by atoms with Crippen LogP contribution in [0.4, 0.5) is 11.4 Å². The van der Waals surface area contributed by atoms with Crippen molar-refractivity contribution in [3.05, 3.63) is 63.4 Å². The third-order valence-corrected chi connectivity index (χ3v) is 6.52. The number of benzene rings is 2. The van der Waals surface area contributed by atoms with E-state index >= 15 is 0 Å². The first-order chi connectivity index (χ1) is 14.5. The quantitative estimate of drug-likeness (QED) is 0.329. The molecule has 3 aromatic rings. The molecule has 0 radical (unpaired) electrons. The van der Waals surface area contributed by atoms with E-state index in [0.29, 0.717) is 38.4 Å². The van der Waals surface area contributed by atoms with Gasteiger partial charge >= 0.3 is 22.8 Å². The van der Waals surface area contributed by atoms with E-state index in [4.69, 9.17) is 16.7 Å². The Hall–Kier alpha value is -2.84. The second-order valence-electron chi connectivity index (χ2n) is 7.25. The molecule has 0 bridgehead atoms. The van der Waals surface area contributed by atoms with Gasteiger partial charge in [0.25, 0.3) is 0 Å². The van der Waals surface area contributed by atoms with E-state index in [-0.39, 0.29) is 11.5 Å². The largest absolute Gasteiger partial charge is 0.374 e. The van der Waals surface area contributed by atoms with Gasteiger partial charge in [0, 0.05) is 15.9 Å². The lowest BCUT2D eigenvalue weighted by Gasteiger charge is -2.28. The molecule has 0 aliphatic carbocycles. The van der Waals surface area contributed by atoms with Crippen molar-refractivity contribution < 1.29 is 9.48 Å². The van der Waals surface area contributed by atoms with Crippen LogP contribution in [0, 0.1) is 0 Å². The van der Waals surface area contributed by atoms with Gasteiger partial charge in [0.2, 0.25) is 5.16 Å². The smallest absolute Gasteiger partial charge is 0.317 e. The van der Waals surface area contributed by atoms with Crippen LogP contribution in [-0.4, -0.2) is 21.7 Å². The standard InChI is InChI=1S/C21H18ClN5O2S/c1-2-3-10-30-20-24-18(28)17-13-6-4-5-7-15(13)25-21(27(17)26-20)14-11-12(22)8-9-16(14)23-19(21)29/h4-9,11H,2-3,10H2,1H3,(H2,23,24,26,28,29)/p+1/t21-/m0/s1. The maximum absolute atomic E-state index is 13.4. The maximum Gasteiger partial charge on any atom is 0.374 e. The van der Waals surface area contributed by atoms with E-state index < -0.39 is 5.66 Å². The van der Waals surface area contributed by atoms with E-state index in [1.807, 2.05) is 24.3 Å². The minimum absolute atomic E-state index is 0.291. The SMILES string of the molecule is CCCCSc1n[n+]2c(c(=O)[nH]1)-c1ccccc1N[C@]21C(=O)Nc2ccc(Cl)cc21. The lowest BCUT2D eigenvalue weighted by atomic mass is 9.95. The van der Waals surface area contributed by atoms with Crippen LogP contribution in [-0.2, 0) is 10.5 Å². The summed E-state index contributed by atoms with van der Waals surface area (Å²) >= 11 is 7.75. The summed E-state index contributed by atoms with van der Waals surface area (Å²) in [6, 6.07) is 12.6. The van der Waals surface area contributed by atoms with Gasteiger partial charge in [-0.3, -0.25) is 14.6 Å². The molecule has 0 saturated heterocycles. The van der Waals surface area contributed by atoms with Gasteiger partial charge in [0.1, 0.15) is 0 Å². The molecular weight excluding hydrogens is 422 g/mol. The van der Waals surface area contributed by atoms with Crippen molar-refractivity contribution in [2.45, 2.75) is 30.6 Å². The number of aromatic nitrogens is 3. The van der Waals surface area contributed by atoms with E-state index in [1.165, 1.54) is 16.4 Å². The first-order valence-corrected chi connectivity index (χ1v) is 11.1. The van der Waals surface area contributed by atoms with E-state index in [9.17, 15) is 9.59 Å². The number of hydrogen-bond acceptors (Lipinski definition) is 5. The molecule has 3 N–H and O–H groups in total. The number of anilines is 2. The molecule has 0 unspecified atom stereocenters. The summed E-state index contributed by atoms with van der Waals surface area (Å²) < 4.78 is 1.51. The van der Waals surface area contributed by atoms with Crippen LogP contribution in [0.3, 0.4) is 0 Å². The monoisotopic (exact) mass is 440 g/mol. The van der Waals surface area contributed by atoms with Gasteiger partial charge in [-0.05, 0) is 41.4 Å². The van der Waals surface area contributed by atoms with Crippen LogP contribution in [0.15, 0.2) is 52.4 Å². The Kier molecular flexibility index (Phi) is 4.56. The summed E-state index contributed by atoms with van der Waals surface area (Å²) in [6.07, 6.45) is 2.05. The molecule has 0 fully saturated rings. The normalized spacial score (nSPS) is 18.4. The van der Waals surface area contributed by atoms with Crippen LogP contribution >= 0.6 is 23.4 Å². The van der Waals surface area contributed by atoms with Crippen molar-refractivity contribution in [3.8, 4) is 11.3 Å². The summed E-state index contributed by atoms with van der Waals surface area (Å²) in [6.45, 7) is 2.11. The van der Waals surface area contributed by atoms with Crippen molar-refractivity contribution in [3.63, 3.8) is 0 Å². The van der Waals surface area contributed by atoms with Gasteiger partial charge in [-0.1, -0.05) is 48.8 Å². The molecule has 1 atom stereocenters. The number of halogens is 1. The second kappa shape index (κ2) is 7.14. The van der Waals surface area contributed by atoms with Crippen molar-refractivity contribution in [1.82, 2.24) is 10.1 Å². The number of nitrogens with one attached hydrogen (secondary N) is 3. The average molecular weight is 441 g/mol. The van der Waals surface area contributed by atoms with E-state index in [2.05, 4.69) is 22.5 Å². The topological polar surface area (TPSA) is 90.8 Å². The number of para-hydroxylation sites is 1. The molecule has 1 aromatic heterocycles. The molecular formula is C21H19ClN5O2S+. The summed E-state index contributed by atoms with van der Waals surface area (Å²) in [5.74, 6) is 0.507. The number of unbranched alkanes of at least 4 members (excludes halogenated alkanes) is 1. The Morgan fingerprint density at radius 3 is 2.83 bits per heavy atom. The fourth-order valence-electron chi connectivity index (χ4n) is 3.92. The zero-order valence-electron chi connectivity index (χ0n) is 16.2. The molecule has 152 valence electrons. The zero-order valence-corrected chi connectivity index (χ0v) is 17.7. The summed E-state index contributed by atoms with van der Waals surface area (Å²) in [5.41, 5.74) is 1.26. The highest BCUT2D eigenvalue weighted by Gasteiger charge is 2.62. The highest BCUT2D eigenvalue weighted by atomic mass is 35.5. The fourth-order valence-corrected chi connectivity index (χ4v) is 5.02. The van der Waals surface area contributed by atoms with Crippen molar-refractivity contribution in [2.75, 3.05) is 16.4 Å². The fraction of sp³-hybridized carbons (Fsp3) is 0.238. The molecule has 2 aliphatic rings. The van der Waals surface area contributed by atoms with Crippen molar-refractivity contribution in [2.24, 2.45) is 0 Å². The number of nitrogens with zero attached hydrogens (tertiary/aromatic N) is 2. The highest BCUT2D eigenvalue weighted by Crippen LogP contribution is 2.42. The molecule has 2 aliphatic heterocycles. The molecule has 1 amide bonds. The molecule has 9 heteroatoms. The predicted octanol–water partition coefficient (Wildman–Crippen LogP) is 3.35. The predicted molar refractivity (Wildman–Crippen MR) is 117 cm³/mol. The Morgan fingerprint density at radius 1 is 1.17 bits per heavy atom. The number of thioether (sulfide) groups is 1. The van der Waals surface area contributed by atoms with Gasteiger partial charge in [-0.25, -0.2) is 0 Å². The van der Waals surface area contributed by atoms with Crippen LogP contribution in [0.2, 0.25) is 5.02 Å². The zero-order chi connectivity index (χ0) is 20.9. The number of hydrogen-bond donors (Lipinski definition) is 3. The van der Waals surface area contributed by atoms with Crippen LogP contribution in [0.5, 0.6) is 0 Å². The lowest BCUT2D eigenvalue weighted by Crippen LogP contribution is -2.71. The van der Waals surface area contributed by atoms with Gasteiger partial charge in [0.15, 0.2) is 0 Å². The van der Waals surface area contributed by atoms with Crippen LogP contribution in [0.25, 0.3) is 11.3 Å². The third-order valence-electron chi connectivity index (χ3n) is 5.34. The van der Waals surface area contributed by atoms with Gasteiger partial charge in [-0.15, -0.1) is 0 Å². The van der Waals surface area contributed by atoms with Gasteiger partial charge < -0.3 is 10.6 Å². The number of rotatable bonds is 4. The Balaban J connectivity index is 1.80. The summed E-state index contributed by atoms with van der Waals surface area (Å²) in [4.78, 5) is 29.5. The van der Waals surface area contributed by atoms with Gasteiger partial charge in [-0.2, -0.15) is 0 Å². The molecule has 3 heterocycles. The third kappa shape index (κ3) is 2.74. The highest BCUT2D eigenvalue weighted by molar-refractivity contribution is 7.99. The number of carbonyl (C=O) groups excluding carboxylic acids is 1. The number of amides is 1. The average Bonchev–Trinajstić information content (AvgIpc) is 3.00. The van der Waals surface area contributed by atoms with E-state index in [1.54, 1.807) is 18.2 Å². The Labute approximate surface area is 181 Å². The molecule has 5 rings (SSSR count). The first kappa shape index (κ1) is 19.1. The molecule has 1 spiro atoms. The van der Waals surface area contributed by atoms with Crippen LogP contribution in [0.1, 0.15) is 25.3 Å². The Morgan fingerprint density at radius 2 is 2.00 bits per heavy atom. The van der Waals surface area contributed by atoms with Crippen molar-refractivity contribution in [1.29, 1.82) is 0 Å². The lowest BCUT2D eigenvalue weighted by molar-refractivity contribution is -0.781. The maximum atomic E-state index is 13.4. The number of H-pyrrole nitrogens is 1. The van der Waals surface area contributed by atoms with Crippen LogP contribution < -0.4 is 20.9 Å². The summed E-state index contributed by atoms with van der Waals surface area (Å²) in [7, 11) is 0. The first-order valence-electron chi connectivity index (χ1n) is 9.73. The van der Waals surface area contributed by atoms with Crippen molar-refractivity contribution >= 4 is 40.6 Å². The molecule has 30 heavy (non-hydrogen) atoms. The number of carbonyl (C=O) groups is 1. The van der Waals surface area contributed by atoms with Gasteiger partial charge in [0.05, 0.1) is 22.5 Å². The minimum Gasteiger partial charge on any atom is -0.317 e. The second-order valence-corrected chi connectivity index (χ2v) is 8.77. The Bertz CT molecular complexity index is 1240. The minimum atomic E-state index is -1.40. The number of fused-ring (bicyclic) bond motifs is 6. The molecule has 7 nitrogen and oxygen atoms in total. The summed E-state index contributed by atoms with van der Waals surface area (Å²) in [5, 5.41) is 11.9. The molecule has 2 aromatic carbocycles. The van der Waals surface area contributed by atoms with E-state index in [0.717, 1.165) is 18.6 Å². The molecule has 0 saturated carbocycles. The number of aromatic amines is 1.